The molecule has 14 heteroatoms. The summed E-state index contributed by atoms with van der Waals surface area (Å²) in [4.78, 5) is 20.4. The molecule has 6 rings (SSSR count). The van der Waals surface area contributed by atoms with Crippen LogP contribution < -0.4 is 4.74 Å². The second-order valence-corrected chi connectivity index (χ2v) is 12.8. The molecular weight excluding hydrogens is 607 g/mol. The van der Waals surface area contributed by atoms with Crippen LogP contribution in [0.3, 0.4) is 0 Å². The van der Waals surface area contributed by atoms with Crippen molar-refractivity contribution < 1.29 is 26.9 Å². The minimum absolute atomic E-state index is 0.0760. The smallest absolute Gasteiger partial charge is 0.451 e. The number of amides is 1. The molecule has 1 aliphatic carbocycles. The van der Waals surface area contributed by atoms with Gasteiger partial charge in [-0.15, -0.1) is 10.2 Å². The number of aromatic nitrogens is 6. The minimum Gasteiger partial charge on any atom is -0.493 e. The predicted molar refractivity (Wildman–Crippen MR) is 166 cm³/mol. The van der Waals surface area contributed by atoms with Gasteiger partial charge in [0.15, 0.2) is 5.82 Å². The van der Waals surface area contributed by atoms with Crippen molar-refractivity contribution in [2.24, 2.45) is 5.92 Å². The Kier molecular flexibility index (Phi) is 12.1. The van der Waals surface area contributed by atoms with E-state index >= 15 is 0 Å². The van der Waals surface area contributed by atoms with Crippen LogP contribution in [-0.2, 0) is 34.9 Å². The molecule has 0 radical (unpaired) electrons. The zero-order valence-corrected chi connectivity index (χ0v) is 26.7. The standard InChI is InChI=1S/C17H19N3O2S.C7H7F3N4O.C7H14/c1-13-18-9-7-17(19-13)20-10-8-14-15(20)5-3-6-16(14)22-11-4-12-23(2)21;8-7(9,10)6-12-11-5-3-13(4-15)1-2-14(5)6;1-7-5-3-2-4-6-7/h3,5-10H,4,11-12H2,1-2H3;4H,1-3H2;7H,2-6H2,1H3. The van der Waals surface area contributed by atoms with Crippen molar-refractivity contribution in [3.63, 3.8) is 0 Å². The lowest BCUT2D eigenvalue weighted by Crippen LogP contribution is -2.34. The normalized spacial score (nSPS) is 15.7. The first kappa shape index (κ1) is 34.1. The second kappa shape index (κ2) is 16.0. The summed E-state index contributed by atoms with van der Waals surface area (Å²) in [6.45, 7) is 5.21. The van der Waals surface area contributed by atoms with Crippen LogP contribution in [0, 0.1) is 12.8 Å². The molecule has 1 amide bonds. The van der Waals surface area contributed by atoms with Gasteiger partial charge in [0.2, 0.25) is 12.2 Å². The summed E-state index contributed by atoms with van der Waals surface area (Å²) in [6.07, 6.45) is 9.78. The third kappa shape index (κ3) is 9.59. The van der Waals surface area contributed by atoms with Gasteiger partial charge < -0.3 is 18.8 Å². The molecule has 0 N–H and O–H groups in total. The molecule has 1 fully saturated rings. The van der Waals surface area contributed by atoms with E-state index in [1.54, 1.807) is 12.5 Å². The first-order valence-corrected chi connectivity index (χ1v) is 16.8. The second-order valence-electron chi connectivity index (χ2n) is 11.2. The van der Waals surface area contributed by atoms with Crippen LogP contribution in [0.15, 0.2) is 42.7 Å². The summed E-state index contributed by atoms with van der Waals surface area (Å²) >= 11 is 0. The Morgan fingerprint density at radius 2 is 1.87 bits per heavy atom. The summed E-state index contributed by atoms with van der Waals surface area (Å²) < 4.78 is 57.1. The third-order valence-corrected chi connectivity index (χ3v) is 8.48. The Morgan fingerprint density at radius 1 is 1.09 bits per heavy atom. The van der Waals surface area contributed by atoms with Crippen molar-refractivity contribution in [3.8, 4) is 11.6 Å². The molecule has 4 aromatic rings. The Morgan fingerprint density at radius 3 is 2.51 bits per heavy atom. The van der Waals surface area contributed by atoms with E-state index in [2.05, 4.69) is 27.1 Å². The van der Waals surface area contributed by atoms with Gasteiger partial charge in [-0.3, -0.25) is 9.00 Å². The van der Waals surface area contributed by atoms with E-state index in [9.17, 15) is 22.2 Å². The first-order chi connectivity index (χ1) is 21.6. The van der Waals surface area contributed by atoms with Crippen molar-refractivity contribution in [2.75, 3.05) is 25.2 Å². The molecular formula is C31H40F3N7O3S. The molecule has 2 aliphatic rings. The molecule has 244 valence electrons. The number of aryl methyl sites for hydroxylation is 1. The molecule has 4 heterocycles. The van der Waals surface area contributed by atoms with Gasteiger partial charge in [0.05, 0.1) is 18.7 Å². The molecule has 0 spiro atoms. The average Bonchev–Trinajstić information content (AvgIpc) is 3.65. The molecule has 3 aromatic heterocycles. The molecule has 1 atom stereocenters. The number of hydrogen-bond acceptors (Lipinski definition) is 7. The fourth-order valence-corrected chi connectivity index (χ4v) is 5.79. The van der Waals surface area contributed by atoms with Gasteiger partial charge in [0.25, 0.3) is 0 Å². The summed E-state index contributed by atoms with van der Waals surface area (Å²) in [5.74, 6) is 3.29. The maximum Gasteiger partial charge on any atom is 0.451 e. The summed E-state index contributed by atoms with van der Waals surface area (Å²) in [5, 5.41) is 7.54. The molecule has 10 nitrogen and oxygen atoms in total. The van der Waals surface area contributed by atoms with Crippen LogP contribution in [0.5, 0.6) is 5.75 Å². The Balaban J connectivity index is 0.000000178. The molecule has 0 saturated heterocycles. The van der Waals surface area contributed by atoms with Gasteiger partial charge in [-0.25, -0.2) is 9.97 Å². The number of fused-ring (bicyclic) bond motifs is 2. The van der Waals surface area contributed by atoms with Gasteiger partial charge >= 0.3 is 6.18 Å². The SMILES string of the molecule is CC1CCCCC1.Cc1nccc(-n2ccc3c(OCCCS(C)=O)cccc32)n1.O=CN1CCn2c(nnc2C(F)(F)F)C1. The van der Waals surface area contributed by atoms with Crippen molar-refractivity contribution in [2.45, 2.75) is 71.6 Å². The van der Waals surface area contributed by atoms with Gasteiger partial charge in [-0.2, -0.15) is 13.2 Å². The summed E-state index contributed by atoms with van der Waals surface area (Å²) in [6, 6.07) is 9.89. The lowest BCUT2D eigenvalue weighted by molar-refractivity contribution is -0.148. The van der Waals surface area contributed by atoms with E-state index < -0.39 is 22.8 Å². The van der Waals surface area contributed by atoms with E-state index in [1.165, 1.54) is 37.0 Å². The van der Waals surface area contributed by atoms with Crippen molar-refractivity contribution in [3.05, 3.63) is 60.2 Å². The monoisotopic (exact) mass is 647 g/mol. The topological polar surface area (TPSA) is 108 Å². The number of carbonyl (C=O) groups excluding carboxylic acids is 1. The lowest BCUT2D eigenvalue weighted by atomic mass is 9.91. The van der Waals surface area contributed by atoms with Crippen LogP contribution in [0.2, 0.25) is 0 Å². The Labute approximate surface area is 263 Å². The molecule has 1 aromatic carbocycles. The van der Waals surface area contributed by atoms with E-state index in [4.69, 9.17) is 4.74 Å². The van der Waals surface area contributed by atoms with Crippen LogP contribution in [-0.4, -0.2) is 70.0 Å². The average molecular weight is 648 g/mol. The quantitative estimate of drug-likeness (QED) is 0.186. The fourth-order valence-electron chi connectivity index (χ4n) is 5.27. The Hall–Kier alpha value is -3.81. The summed E-state index contributed by atoms with van der Waals surface area (Å²) in [7, 11) is -0.772. The number of nitrogens with zero attached hydrogens (tertiary/aromatic N) is 7. The maximum atomic E-state index is 12.4. The van der Waals surface area contributed by atoms with E-state index in [0.717, 1.165) is 45.2 Å². The number of alkyl halides is 3. The van der Waals surface area contributed by atoms with E-state index in [1.807, 2.05) is 48.0 Å². The number of carbonyl (C=O) groups is 1. The number of rotatable bonds is 7. The highest BCUT2D eigenvalue weighted by molar-refractivity contribution is 7.84. The van der Waals surface area contributed by atoms with Gasteiger partial charge in [0, 0.05) is 53.7 Å². The molecule has 1 saturated carbocycles. The highest BCUT2D eigenvalue weighted by Crippen LogP contribution is 2.30. The highest BCUT2D eigenvalue weighted by atomic mass is 32.2. The first-order valence-electron chi connectivity index (χ1n) is 15.1. The van der Waals surface area contributed by atoms with Gasteiger partial charge in [0.1, 0.15) is 17.4 Å². The fraction of sp³-hybridized carbons (Fsp3) is 0.516. The lowest BCUT2D eigenvalue weighted by Gasteiger charge is -2.24. The molecule has 1 unspecified atom stereocenters. The number of hydrogen-bond donors (Lipinski definition) is 0. The van der Waals surface area contributed by atoms with Crippen LogP contribution in [0.1, 0.15) is 62.9 Å². The molecule has 1 aliphatic heterocycles. The number of ether oxygens (including phenoxy) is 1. The number of benzene rings is 1. The molecule has 0 bridgehead atoms. The highest BCUT2D eigenvalue weighted by Gasteiger charge is 2.39. The Bertz CT molecular complexity index is 1570. The minimum atomic E-state index is -4.49. The zero-order chi connectivity index (χ0) is 32.4. The maximum absolute atomic E-state index is 12.4. The van der Waals surface area contributed by atoms with Crippen molar-refractivity contribution in [1.82, 2.24) is 34.2 Å². The van der Waals surface area contributed by atoms with Crippen molar-refractivity contribution in [1.29, 1.82) is 0 Å². The third-order valence-electron chi connectivity index (χ3n) is 7.61. The van der Waals surface area contributed by atoms with Gasteiger partial charge in [-0.05, 0) is 43.5 Å². The van der Waals surface area contributed by atoms with Gasteiger partial charge in [-0.1, -0.05) is 45.1 Å². The van der Waals surface area contributed by atoms with Crippen LogP contribution in [0.4, 0.5) is 13.2 Å². The van der Waals surface area contributed by atoms with E-state index in [-0.39, 0.29) is 25.5 Å². The van der Waals surface area contributed by atoms with E-state index in [0.29, 0.717) is 18.8 Å². The number of halogens is 3. The zero-order valence-electron chi connectivity index (χ0n) is 25.9. The predicted octanol–water partition coefficient (Wildman–Crippen LogP) is 5.73. The molecule has 45 heavy (non-hydrogen) atoms. The van der Waals surface area contributed by atoms with Crippen LogP contribution >= 0.6 is 0 Å². The van der Waals surface area contributed by atoms with Crippen LogP contribution in [0.25, 0.3) is 16.7 Å². The summed E-state index contributed by atoms with van der Waals surface area (Å²) in [5.41, 5.74) is 1.04. The largest absolute Gasteiger partial charge is 0.493 e. The van der Waals surface area contributed by atoms with Crippen molar-refractivity contribution >= 4 is 28.1 Å².